The molecule has 0 bridgehead atoms. The lowest BCUT2D eigenvalue weighted by Gasteiger charge is -2.13. The number of phenolic OH excluding ortho intramolecular Hbond substituents is 1. The number of ketones is 1. The summed E-state index contributed by atoms with van der Waals surface area (Å²) in [5, 5.41) is 19.9. The van der Waals surface area contributed by atoms with Crippen molar-refractivity contribution in [3.05, 3.63) is 35.3 Å². The molecule has 0 fully saturated rings. The number of allylic oxidation sites excluding steroid dienone is 2. The third kappa shape index (κ3) is 4.09. The fourth-order valence-electron chi connectivity index (χ4n) is 1.84. The SMILES string of the molecule is COC(C(C)=Nc1cccc(C(=O)N(C)C)c1O)=C(O)C(C)=O. The zero-order chi connectivity index (χ0) is 17.7. The first-order chi connectivity index (χ1) is 10.7. The highest BCUT2D eigenvalue weighted by atomic mass is 16.5. The van der Waals surface area contributed by atoms with Crippen molar-refractivity contribution in [2.24, 2.45) is 4.99 Å². The van der Waals surface area contributed by atoms with Gasteiger partial charge in [-0.3, -0.25) is 9.59 Å². The highest BCUT2D eigenvalue weighted by Crippen LogP contribution is 2.31. The van der Waals surface area contributed by atoms with Crippen molar-refractivity contribution in [1.29, 1.82) is 0 Å². The lowest BCUT2D eigenvalue weighted by atomic mass is 10.1. The fraction of sp³-hybridized carbons (Fsp3) is 0.312. The van der Waals surface area contributed by atoms with Crippen LogP contribution in [-0.4, -0.2) is 53.7 Å². The zero-order valence-corrected chi connectivity index (χ0v) is 13.7. The Bertz CT molecular complexity index is 690. The van der Waals surface area contributed by atoms with Crippen molar-refractivity contribution < 1.29 is 24.5 Å². The third-order valence-electron chi connectivity index (χ3n) is 3.02. The maximum atomic E-state index is 12.0. The Kier molecular flexibility index (Phi) is 5.89. The van der Waals surface area contributed by atoms with E-state index >= 15 is 0 Å². The Balaban J connectivity index is 3.38. The first-order valence-corrected chi connectivity index (χ1v) is 6.78. The molecule has 0 heterocycles. The van der Waals surface area contributed by atoms with E-state index in [1.165, 1.54) is 38.0 Å². The topological polar surface area (TPSA) is 99.4 Å². The number of hydrogen-bond acceptors (Lipinski definition) is 6. The number of para-hydroxylation sites is 1. The van der Waals surface area contributed by atoms with Gasteiger partial charge < -0.3 is 19.8 Å². The van der Waals surface area contributed by atoms with Crippen molar-refractivity contribution in [1.82, 2.24) is 4.90 Å². The summed E-state index contributed by atoms with van der Waals surface area (Å²) >= 11 is 0. The molecule has 0 saturated heterocycles. The molecule has 2 N–H and O–H groups in total. The van der Waals surface area contributed by atoms with E-state index in [1.54, 1.807) is 20.2 Å². The summed E-state index contributed by atoms with van der Waals surface area (Å²) in [5.41, 5.74) is 0.411. The van der Waals surface area contributed by atoms with E-state index < -0.39 is 11.5 Å². The minimum absolute atomic E-state index is 0.0961. The van der Waals surface area contributed by atoms with Gasteiger partial charge >= 0.3 is 0 Å². The second kappa shape index (κ2) is 7.44. The van der Waals surface area contributed by atoms with Crippen molar-refractivity contribution in [3.63, 3.8) is 0 Å². The number of phenols is 1. The van der Waals surface area contributed by atoms with Crippen molar-refractivity contribution >= 4 is 23.1 Å². The number of carbonyl (C=O) groups is 2. The van der Waals surface area contributed by atoms with Crippen LogP contribution in [0.2, 0.25) is 0 Å². The van der Waals surface area contributed by atoms with E-state index in [2.05, 4.69) is 4.99 Å². The molecule has 0 aliphatic rings. The number of methoxy groups -OCH3 is 1. The van der Waals surface area contributed by atoms with Gasteiger partial charge in [-0.25, -0.2) is 4.99 Å². The molecule has 1 amide bonds. The molecule has 23 heavy (non-hydrogen) atoms. The van der Waals surface area contributed by atoms with Crippen LogP contribution in [0, 0.1) is 0 Å². The second-order valence-corrected chi connectivity index (χ2v) is 5.01. The number of hydrogen-bond donors (Lipinski definition) is 2. The zero-order valence-electron chi connectivity index (χ0n) is 13.7. The van der Waals surface area contributed by atoms with Crippen LogP contribution < -0.4 is 0 Å². The highest BCUT2D eigenvalue weighted by molar-refractivity contribution is 6.06. The van der Waals surface area contributed by atoms with Gasteiger partial charge in [-0.2, -0.15) is 0 Å². The summed E-state index contributed by atoms with van der Waals surface area (Å²) in [7, 11) is 4.43. The standard InChI is InChI=1S/C16H20N2O5/c1-9(15(23-5)13(20)10(2)19)17-12-8-6-7-11(14(12)21)16(22)18(3)4/h6-8,20-21H,1-5H3. The number of rotatable bonds is 5. The number of aliphatic imine (C=N–C) groups is 1. The molecule has 0 radical (unpaired) electrons. The van der Waals surface area contributed by atoms with Crippen LogP contribution in [0.4, 0.5) is 5.69 Å². The molecule has 0 aromatic heterocycles. The molecular weight excluding hydrogens is 300 g/mol. The van der Waals surface area contributed by atoms with Crippen molar-refractivity contribution in [2.45, 2.75) is 13.8 Å². The molecule has 0 saturated carbocycles. The Morgan fingerprint density at radius 1 is 1.22 bits per heavy atom. The van der Waals surface area contributed by atoms with Gasteiger partial charge in [-0.15, -0.1) is 0 Å². The molecule has 124 valence electrons. The molecule has 7 heteroatoms. The highest BCUT2D eigenvalue weighted by Gasteiger charge is 2.18. The summed E-state index contributed by atoms with van der Waals surface area (Å²) < 4.78 is 4.98. The van der Waals surface area contributed by atoms with E-state index in [4.69, 9.17) is 4.74 Å². The van der Waals surface area contributed by atoms with Crippen LogP contribution in [0.15, 0.2) is 34.7 Å². The molecule has 0 aliphatic heterocycles. The van der Waals surface area contributed by atoms with Crippen LogP contribution in [-0.2, 0) is 9.53 Å². The van der Waals surface area contributed by atoms with Crippen molar-refractivity contribution in [2.75, 3.05) is 21.2 Å². The summed E-state index contributed by atoms with van der Waals surface area (Å²) in [5.74, 6) is -1.89. The van der Waals surface area contributed by atoms with Gasteiger partial charge in [0.2, 0.25) is 5.76 Å². The number of aliphatic hydroxyl groups is 1. The lowest BCUT2D eigenvalue weighted by molar-refractivity contribution is -0.116. The van der Waals surface area contributed by atoms with Gasteiger partial charge in [-0.1, -0.05) is 6.07 Å². The van der Waals surface area contributed by atoms with Crippen LogP contribution in [0.3, 0.4) is 0 Å². The van der Waals surface area contributed by atoms with Crippen LogP contribution in [0.25, 0.3) is 0 Å². The molecule has 0 atom stereocenters. The van der Waals surface area contributed by atoms with E-state index in [1.807, 2.05) is 0 Å². The average Bonchev–Trinajstić information content (AvgIpc) is 2.49. The van der Waals surface area contributed by atoms with E-state index in [0.717, 1.165) is 0 Å². The molecule has 0 spiro atoms. The van der Waals surface area contributed by atoms with Crippen LogP contribution in [0.1, 0.15) is 24.2 Å². The maximum absolute atomic E-state index is 12.0. The summed E-state index contributed by atoms with van der Waals surface area (Å²) in [6.45, 7) is 2.70. The van der Waals surface area contributed by atoms with Gasteiger partial charge in [-0.05, 0) is 19.1 Å². The predicted octanol–water partition coefficient (Wildman–Crippen LogP) is 2.19. The fourth-order valence-corrected chi connectivity index (χ4v) is 1.84. The molecule has 1 aromatic rings. The third-order valence-corrected chi connectivity index (χ3v) is 3.02. The van der Waals surface area contributed by atoms with Gasteiger partial charge in [0.25, 0.3) is 5.91 Å². The minimum Gasteiger partial charge on any atom is -0.505 e. The summed E-state index contributed by atoms with van der Waals surface area (Å²) in [6, 6.07) is 4.55. The molecule has 0 unspecified atom stereocenters. The number of ether oxygens (including phenoxy) is 1. The number of Topliss-reactive ketones (excluding diaryl/α,β-unsaturated/α-hetero) is 1. The van der Waals surface area contributed by atoms with E-state index in [9.17, 15) is 19.8 Å². The maximum Gasteiger partial charge on any atom is 0.257 e. The van der Waals surface area contributed by atoms with Gasteiger partial charge in [0.1, 0.15) is 5.69 Å². The first kappa shape index (κ1) is 18.2. The first-order valence-electron chi connectivity index (χ1n) is 6.78. The number of carbonyl (C=O) groups excluding carboxylic acids is 2. The largest absolute Gasteiger partial charge is 0.505 e. The van der Waals surface area contributed by atoms with Crippen molar-refractivity contribution in [3.8, 4) is 5.75 Å². The number of amides is 1. The van der Waals surface area contributed by atoms with E-state index in [0.29, 0.717) is 0 Å². The predicted molar refractivity (Wildman–Crippen MR) is 86.2 cm³/mol. The molecule has 0 aliphatic carbocycles. The molecule has 1 aromatic carbocycles. The van der Waals surface area contributed by atoms with Crippen LogP contribution >= 0.6 is 0 Å². The number of aromatic hydroxyl groups is 1. The number of benzene rings is 1. The minimum atomic E-state index is -0.572. The smallest absolute Gasteiger partial charge is 0.257 e. The number of nitrogens with zero attached hydrogens (tertiary/aromatic N) is 2. The Morgan fingerprint density at radius 2 is 1.83 bits per heavy atom. The van der Waals surface area contributed by atoms with Gasteiger partial charge in [0.15, 0.2) is 17.3 Å². The molecule has 7 nitrogen and oxygen atoms in total. The monoisotopic (exact) mass is 320 g/mol. The average molecular weight is 320 g/mol. The molecular formula is C16H20N2O5. The van der Waals surface area contributed by atoms with Gasteiger partial charge in [0.05, 0.1) is 18.4 Å². The van der Waals surface area contributed by atoms with Gasteiger partial charge in [0, 0.05) is 21.0 Å². The summed E-state index contributed by atoms with van der Waals surface area (Å²) in [4.78, 5) is 28.7. The Labute approximate surface area is 134 Å². The normalized spacial score (nSPS) is 12.5. The summed E-state index contributed by atoms with van der Waals surface area (Å²) in [6.07, 6.45) is 0. The lowest BCUT2D eigenvalue weighted by Crippen LogP contribution is -2.21. The Morgan fingerprint density at radius 3 is 2.30 bits per heavy atom. The number of aliphatic hydroxyl groups excluding tert-OH is 1. The van der Waals surface area contributed by atoms with Crippen LogP contribution in [0.5, 0.6) is 5.75 Å². The quantitative estimate of drug-likeness (QED) is 0.492. The second-order valence-electron chi connectivity index (χ2n) is 5.01. The van der Waals surface area contributed by atoms with E-state index in [-0.39, 0.29) is 34.4 Å². The molecule has 1 rings (SSSR count). The Hall–Kier alpha value is -2.83.